The van der Waals surface area contributed by atoms with Gasteiger partial charge < -0.3 is 4.90 Å². The van der Waals surface area contributed by atoms with Gasteiger partial charge in [0.25, 0.3) is 5.91 Å². The second-order valence-electron chi connectivity index (χ2n) is 5.21. The molecule has 0 saturated carbocycles. The first-order chi connectivity index (χ1) is 10.7. The molecule has 6 heteroatoms. The summed E-state index contributed by atoms with van der Waals surface area (Å²) in [6.07, 6.45) is 3.26. The lowest BCUT2D eigenvalue weighted by Gasteiger charge is -2.28. The van der Waals surface area contributed by atoms with Crippen molar-refractivity contribution in [3.05, 3.63) is 47.3 Å². The van der Waals surface area contributed by atoms with Crippen LogP contribution in [0.25, 0.3) is 0 Å². The van der Waals surface area contributed by atoms with E-state index in [4.69, 9.17) is 0 Å². The fourth-order valence-corrected chi connectivity index (χ4v) is 2.67. The Labute approximate surface area is 127 Å². The molecule has 5 nitrogen and oxygen atoms in total. The Bertz CT molecular complexity index is 694. The molecule has 1 aromatic carbocycles. The van der Waals surface area contributed by atoms with E-state index in [0.717, 1.165) is 11.3 Å². The van der Waals surface area contributed by atoms with E-state index in [2.05, 4.69) is 5.10 Å². The molecule has 22 heavy (non-hydrogen) atoms. The number of alkyl halides is 1. The number of aldehydes is 1. The van der Waals surface area contributed by atoms with Crippen molar-refractivity contribution in [1.29, 1.82) is 0 Å². The molecule has 0 spiro atoms. The summed E-state index contributed by atoms with van der Waals surface area (Å²) < 4.78 is 13.8. The summed E-state index contributed by atoms with van der Waals surface area (Å²) in [6.45, 7) is 0.735. The predicted octanol–water partition coefficient (Wildman–Crippen LogP) is 2.26. The minimum absolute atomic E-state index is 0.220. The molecule has 0 saturated heterocycles. The number of fused-ring (bicyclic) bond motifs is 1. The van der Waals surface area contributed by atoms with Gasteiger partial charge in [0, 0.05) is 12.2 Å². The first-order valence-electron chi connectivity index (χ1n) is 7.22. The molecule has 2 aromatic rings. The molecule has 114 valence electrons. The number of amides is 1. The highest BCUT2D eigenvalue weighted by molar-refractivity contribution is 6.09. The van der Waals surface area contributed by atoms with Crippen LogP contribution in [0.4, 0.5) is 10.1 Å². The summed E-state index contributed by atoms with van der Waals surface area (Å²) in [4.78, 5) is 25.2. The van der Waals surface area contributed by atoms with E-state index >= 15 is 0 Å². The molecule has 1 amide bonds. The molecule has 0 unspecified atom stereocenters. The third-order valence-corrected chi connectivity index (χ3v) is 3.82. The quantitative estimate of drug-likeness (QED) is 0.796. The highest BCUT2D eigenvalue weighted by atomic mass is 19.1. The van der Waals surface area contributed by atoms with E-state index in [1.54, 1.807) is 9.58 Å². The number of carbonyl (C=O) groups excluding carboxylic acids is 2. The van der Waals surface area contributed by atoms with Gasteiger partial charge in [-0.1, -0.05) is 12.1 Å². The monoisotopic (exact) mass is 301 g/mol. The minimum atomic E-state index is -0.329. The number of rotatable bonds is 5. The number of hydrogen-bond donors (Lipinski definition) is 0. The number of aromatic nitrogens is 2. The summed E-state index contributed by atoms with van der Waals surface area (Å²) in [5.74, 6) is -0.220. The van der Waals surface area contributed by atoms with E-state index in [0.29, 0.717) is 43.5 Å². The number of halogens is 1. The summed E-state index contributed by atoms with van der Waals surface area (Å²) in [7, 11) is 0. The van der Waals surface area contributed by atoms with Crippen LogP contribution in [0.15, 0.2) is 30.5 Å². The standard InChI is InChI=1S/C16H16FN3O2/c17-7-1-2-12-3-5-14(6-4-12)19-8-9-20-15(16(19)22)13(11-21)10-18-20/h3-6,10-11H,1-2,7-9H2. The van der Waals surface area contributed by atoms with Crippen LogP contribution in [-0.4, -0.2) is 35.2 Å². The molecule has 3 rings (SSSR count). The maximum Gasteiger partial charge on any atom is 0.277 e. The van der Waals surface area contributed by atoms with Crippen molar-refractivity contribution in [2.24, 2.45) is 0 Å². The lowest BCUT2D eigenvalue weighted by Crippen LogP contribution is -2.41. The molecule has 2 heterocycles. The molecular formula is C16H16FN3O2. The first kappa shape index (κ1) is 14.4. The van der Waals surface area contributed by atoms with Gasteiger partial charge in [-0.3, -0.25) is 18.7 Å². The lowest BCUT2D eigenvalue weighted by molar-refractivity contribution is 0.0956. The zero-order chi connectivity index (χ0) is 15.5. The summed E-state index contributed by atoms with van der Waals surface area (Å²) in [6, 6.07) is 7.53. The number of nitrogens with zero attached hydrogens (tertiary/aromatic N) is 3. The van der Waals surface area contributed by atoms with E-state index in [-0.39, 0.29) is 12.6 Å². The zero-order valence-corrected chi connectivity index (χ0v) is 12.0. The molecule has 1 aromatic heterocycles. The predicted molar refractivity (Wildman–Crippen MR) is 80.0 cm³/mol. The van der Waals surface area contributed by atoms with Gasteiger partial charge in [-0.25, -0.2) is 0 Å². The molecular weight excluding hydrogens is 285 g/mol. The Kier molecular flexibility index (Phi) is 4.00. The second-order valence-corrected chi connectivity index (χ2v) is 5.21. The van der Waals surface area contributed by atoms with Gasteiger partial charge in [-0.05, 0) is 30.5 Å². The van der Waals surface area contributed by atoms with Gasteiger partial charge in [0.15, 0.2) is 6.29 Å². The third kappa shape index (κ3) is 2.52. The number of aryl methyl sites for hydroxylation is 1. The van der Waals surface area contributed by atoms with Crippen LogP contribution >= 0.6 is 0 Å². The average Bonchev–Trinajstić information content (AvgIpc) is 2.98. The minimum Gasteiger partial charge on any atom is -0.305 e. The van der Waals surface area contributed by atoms with E-state index in [1.807, 2.05) is 24.3 Å². The Morgan fingerprint density at radius 1 is 1.23 bits per heavy atom. The van der Waals surface area contributed by atoms with Crippen molar-refractivity contribution in [2.75, 3.05) is 18.1 Å². The van der Waals surface area contributed by atoms with Crippen LogP contribution in [0.2, 0.25) is 0 Å². The average molecular weight is 301 g/mol. The molecule has 0 bridgehead atoms. The summed E-state index contributed by atoms with van der Waals surface area (Å²) in [5, 5.41) is 4.06. The Morgan fingerprint density at radius 2 is 2.00 bits per heavy atom. The van der Waals surface area contributed by atoms with Crippen molar-refractivity contribution in [1.82, 2.24) is 9.78 Å². The van der Waals surface area contributed by atoms with Crippen LogP contribution in [0.1, 0.15) is 32.8 Å². The van der Waals surface area contributed by atoms with Crippen molar-refractivity contribution in [3.8, 4) is 0 Å². The molecule has 0 fully saturated rings. The molecule has 0 radical (unpaired) electrons. The van der Waals surface area contributed by atoms with Gasteiger partial charge in [-0.15, -0.1) is 0 Å². The van der Waals surface area contributed by atoms with Crippen molar-refractivity contribution in [2.45, 2.75) is 19.4 Å². The molecule has 1 aliphatic heterocycles. The molecule has 0 atom stereocenters. The van der Waals surface area contributed by atoms with Crippen LogP contribution in [0, 0.1) is 0 Å². The van der Waals surface area contributed by atoms with Gasteiger partial charge in [0.05, 0.1) is 25.0 Å². The number of benzene rings is 1. The van der Waals surface area contributed by atoms with Crippen LogP contribution in [-0.2, 0) is 13.0 Å². The van der Waals surface area contributed by atoms with Crippen molar-refractivity contribution >= 4 is 17.9 Å². The topological polar surface area (TPSA) is 55.2 Å². The number of hydrogen-bond acceptors (Lipinski definition) is 3. The van der Waals surface area contributed by atoms with Crippen LogP contribution < -0.4 is 4.90 Å². The highest BCUT2D eigenvalue weighted by Gasteiger charge is 2.29. The third-order valence-electron chi connectivity index (χ3n) is 3.82. The molecule has 0 aliphatic carbocycles. The largest absolute Gasteiger partial charge is 0.305 e. The zero-order valence-electron chi connectivity index (χ0n) is 12.0. The second kappa shape index (κ2) is 6.09. The fourth-order valence-electron chi connectivity index (χ4n) is 2.67. The number of anilines is 1. The van der Waals surface area contributed by atoms with Gasteiger partial charge in [-0.2, -0.15) is 5.10 Å². The molecule has 1 aliphatic rings. The lowest BCUT2D eigenvalue weighted by atomic mass is 10.1. The van der Waals surface area contributed by atoms with E-state index in [1.165, 1.54) is 6.20 Å². The smallest absolute Gasteiger partial charge is 0.277 e. The SMILES string of the molecule is O=Cc1cnn2c1C(=O)N(c1ccc(CCCF)cc1)CC2. The highest BCUT2D eigenvalue weighted by Crippen LogP contribution is 2.23. The van der Waals surface area contributed by atoms with Crippen LogP contribution in [0.3, 0.4) is 0 Å². The van der Waals surface area contributed by atoms with Gasteiger partial charge in [0.2, 0.25) is 0 Å². The first-order valence-corrected chi connectivity index (χ1v) is 7.22. The maximum absolute atomic E-state index is 12.6. The van der Waals surface area contributed by atoms with E-state index in [9.17, 15) is 14.0 Å². The number of carbonyl (C=O) groups is 2. The van der Waals surface area contributed by atoms with Crippen molar-refractivity contribution in [3.63, 3.8) is 0 Å². The Morgan fingerprint density at radius 3 is 2.68 bits per heavy atom. The Hall–Kier alpha value is -2.50. The normalized spacial score (nSPS) is 14.0. The Balaban J connectivity index is 1.84. The molecule has 0 N–H and O–H groups in total. The fraction of sp³-hybridized carbons (Fsp3) is 0.312. The maximum atomic E-state index is 12.6. The van der Waals surface area contributed by atoms with Crippen molar-refractivity contribution < 1.29 is 14.0 Å². The van der Waals surface area contributed by atoms with Crippen LogP contribution in [0.5, 0.6) is 0 Å². The summed E-state index contributed by atoms with van der Waals surface area (Å²) in [5.41, 5.74) is 2.47. The van der Waals surface area contributed by atoms with Gasteiger partial charge >= 0.3 is 0 Å². The van der Waals surface area contributed by atoms with E-state index < -0.39 is 0 Å². The van der Waals surface area contributed by atoms with Gasteiger partial charge in [0.1, 0.15) is 5.69 Å². The summed E-state index contributed by atoms with van der Waals surface area (Å²) >= 11 is 0.